The summed E-state index contributed by atoms with van der Waals surface area (Å²) in [6.45, 7) is 0. The van der Waals surface area contributed by atoms with Crippen molar-refractivity contribution in [2.75, 3.05) is 0 Å². The van der Waals surface area contributed by atoms with Crippen molar-refractivity contribution >= 4 is 11.4 Å². The van der Waals surface area contributed by atoms with Gasteiger partial charge in [0.25, 0.3) is 0 Å². The van der Waals surface area contributed by atoms with Gasteiger partial charge in [-0.05, 0) is 24.8 Å². The van der Waals surface area contributed by atoms with Crippen molar-refractivity contribution in [2.24, 2.45) is 0 Å². The van der Waals surface area contributed by atoms with Gasteiger partial charge in [-0.3, -0.25) is 8.74 Å². The van der Waals surface area contributed by atoms with Gasteiger partial charge in [-0.25, -0.2) is 4.39 Å². The molecule has 3 unspecified atom stereocenters. The predicted molar refractivity (Wildman–Crippen MR) is 63.3 cm³/mol. The van der Waals surface area contributed by atoms with Crippen LogP contribution in [-0.4, -0.2) is 14.9 Å². The first kappa shape index (κ1) is 12.7. The van der Waals surface area contributed by atoms with E-state index in [0.717, 1.165) is 12.8 Å². The molecule has 1 aliphatic carbocycles. The summed E-state index contributed by atoms with van der Waals surface area (Å²) in [6.07, 6.45) is 1.15. The fourth-order valence-electron chi connectivity index (χ4n) is 2.42. The molecule has 0 aromatic heterocycles. The molecule has 0 heterocycles. The Bertz CT molecular complexity index is 398. The molecule has 0 aliphatic heterocycles. The minimum Gasteiger partial charge on any atom is -0.284 e. The summed E-state index contributed by atoms with van der Waals surface area (Å²) in [7, 11) is 0. The van der Waals surface area contributed by atoms with Crippen LogP contribution in [0.1, 0.15) is 31.2 Å². The Kier molecular flexibility index (Phi) is 3.91. The first-order valence-electron chi connectivity index (χ1n) is 5.65. The number of rotatable bonds is 3. The van der Waals surface area contributed by atoms with Gasteiger partial charge in [0.05, 0.1) is 0 Å². The Morgan fingerprint density at radius 2 is 2.06 bits per heavy atom. The molecule has 1 saturated carbocycles. The number of hydrogen-bond acceptors (Lipinski definition) is 2. The average Bonchev–Trinajstić information content (AvgIpc) is 2.33. The highest BCUT2D eigenvalue weighted by Gasteiger charge is 2.45. The van der Waals surface area contributed by atoms with Gasteiger partial charge in [-0.15, -0.1) is 0 Å². The second kappa shape index (κ2) is 5.25. The molecule has 1 aromatic carbocycles. The van der Waals surface area contributed by atoms with Crippen LogP contribution in [0, 0.1) is 0 Å². The Balaban J connectivity index is 2.39. The second-order valence-electron chi connectivity index (χ2n) is 4.27. The highest BCUT2D eigenvalue weighted by molar-refractivity contribution is 7.74. The molecule has 17 heavy (non-hydrogen) atoms. The van der Waals surface area contributed by atoms with Crippen molar-refractivity contribution in [1.82, 2.24) is 0 Å². The van der Waals surface area contributed by atoms with Gasteiger partial charge >= 0.3 is 11.4 Å². The standard InChI is InChI=1S/C12H15FO3S/c13-11-8-4-5-9-12(11,16-17(14)15)10-6-2-1-3-7-10/h1-3,6-7,11H,4-5,8-9H2,(H,14,15). The Morgan fingerprint density at radius 3 is 2.65 bits per heavy atom. The summed E-state index contributed by atoms with van der Waals surface area (Å²) in [6, 6.07) is 8.86. The molecule has 0 spiro atoms. The lowest BCUT2D eigenvalue weighted by molar-refractivity contribution is -0.0420. The fraction of sp³-hybridized carbons (Fsp3) is 0.500. The van der Waals surface area contributed by atoms with Crippen molar-refractivity contribution in [3.05, 3.63) is 35.9 Å². The fourth-order valence-corrected chi connectivity index (χ4v) is 2.95. The van der Waals surface area contributed by atoms with E-state index in [-0.39, 0.29) is 0 Å². The molecule has 94 valence electrons. The van der Waals surface area contributed by atoms with Gasteiger partial charge in [-0.2, -0.15) is 4.21 Å². The highest BCUT2D eigenvalue weighted by Crippen LogP contribution is 2.42. The van der Waals surface area contributed by atoms with E-state index in [2.05, 4.69) is 0 Å². The van der Waals surface area contributed by atoms with Crippen LogP contribution in [0.2, 0.25) is 0 Å². The van der Waals surface area contributed by atoms with E-state index in [1.54, 1.807) is 24.3 Å². The minimum atomic E-state index is -2.46. The van der Waals surface area contributed by atoms with E-state index < -0.39 is 23.1 Å². The quantitative estimate of drug-likeness (QED) is 0.848. The third-order valence-corrected chi connectivity index (χ3v) is 3.68. The molecule has 3 atom stereocenters. The molecule has 5 heteroatoms. The molecule has 1 N–H and O–H groups in total. The molecule has 1 fully saturated rings. The number of benzene rings is 1. The van der Waals surface area contributed by atoms with Crippen LogP contribution >= 0.6 is 0 Å². The third kappa shape index (κ3) is 2.56. The van der Waals surface area contributed by atoms with Gasteiger partial charge in [0.15, 0.2) is 0 Å². The van der Waals surface area contributed by atoms with Crippen molar-refractivity contribution in [3.8, 4) is 0 Å². The molecule has 0 saturated heterocycles. The van der Waals surface area contributed by atoms with Crippen LogP contribution in [0.3, 0.4) is 0 Å². The summed E-state index contributed by atoms with van der Waals surface area (Å²) in [5.41, 5.74) is -0.631. The smallest absolute Gasteiger partial charge is 0.284 e. The minimum absolute atomic E-state index is 0.367. The van der Waals surface area contributed by atoms with Crippen molar-refractivity contribution in [1.29, 1.82) is 0 Å². The lowest BCUT2D eigenvalue weighted by Crippen LogP contribution is -2.42. The molecule has 2 rings (SSSR count). The molecule has 0 amide bonds. The van der Waals surface area contributed by atoms with Gasteiger partial charge in [0.1, 0.15) is 11.8 Å². The maximum absolute atomic E-state index is 14.2. The molecule has 0 bridgehead atoms. The Labute approximate surface area is 102 Å². The van der Waals surface area contributed by atoms with Crippen molar-refractivity contribution < 1.29 is 17.3 Å². The predicted octanol–water partition coefficient (Wildman–Crippen LogP) is 2.95. The number of alkyl halides is 1. The lowest BCUT2D eigenvalue weighted by Gasteiger charge is -2.38. The van der Waals surface area contributed by atoms with Gasteiger partial charge < -0.3 is 0 Å². The van der Waals surface area contributed by atoms with Crippen LogP contribution in [0.4, 0.5) is 4.39 Å². The van der Waals surface area contributed by atoms with Gasteiger partial charge in [-0.1, -0.05) is 36.8 Å². The topological polar surface area (TPSA) is 46.5 Å². The van der Waals surface area contributed by atoms with E-state index in [9.17, 15) is 8.60 Å². The van der Waals surface area contributed by atoms with E-state index in [4.69, 9.17) is 8.74 Å². The SMILES string of the molecule is O=S(O)OC1(c2ccccc2)CCCCC1F. The Hall–Kier alpha value is -0.780. The zero-order valence-electron chi connectivity index (χ0n) is 9.34. The van der Waals surface area contributed by atoms with E-state index in [0.29, 0.717) is 18.4 Å². The van der Waals surface area contributed by atoms with E-state index in [1.807, 2.05) is 6.07 Å². The first-order valence-corrected chi connectivity index (χ1v) is 6.68. The van der Waals surface area contributed by atoms with Crippen molar-refractivity contribution in [2.45, 2.75) is 37.5 Å². The Morgan fingerprint density at radius 1 is 1.35 bits per heavy atom. The largest absolute Gasteiger partial charge is 0.302 e. The lowest BCUT2D eigenvalue weighted by atomic mass is 9.78. The number of hydrogen-bond donors (Lipinski definition) is 1. The van der Waals surface area contributed by atoms with Gasteiger partial charge in [0.2, 0.25) is 0 Å². The van der Waals surface area contributed by atoms with Crippen LogP contribution in [0.15, 0.2) is 30.3 Å². The molecular formula is C12H15FO3S. The summed E-state index contributed by atoms with van der Waals surface area (Å²) >= 11 is -2.46. The molecule has 3 nitrogen and oxygen atoms in total. The van der Waals surface area contributed by atoms with Crippen LogP contribution in [0.5, 0.6) is 0 Å². The molecular weight excluding hydrogens is 243 g/mol. The second-order valence-corrected chi connectivity index (χ2v) is 4.87. The van der Waals surface area contributed by atoms with E-state index in [1.165, 1.54) is 0 Å². The van der Waals surface area contributed by atoms with Crippen LogP contribution in [-0.2, 0) is 21.1 Å². The summed E-state index contributed by atoms with van der Waals surface area (Å²) in [5, 5.41) is 0. The summed E-state index contributed by atoms with van der Waals surface area (Å²) in [5.74, 6) is 0. The zero-order chi connectivity index (χ0) is 12.3. The zero-order valence-corrected chi connectivity index (χ0v) is 10.2. The van der Waals surface area contributed by atoms with Crippen LogP contribution < -0.4 is 0 Å². The monoisotopic (exact) mass is 258 g/mol. The molecule has 0 radical (unpaired) electrons. The average molecular weight is 258 g/mol. The first-order chi connectivity index (χ1) is 8.15. The summed E-state index contributed by atoms with van der Waals surface area (Å²) < 4.78 is 39.1. The van der Waals surface area contributed by atoms with Gasteiger partial charge in [0, 0.05) is 0 Å². The maximum atomic E-state index is 14.2. The van der Waals surface area contributed by atoms with E-state index >= 15 is 0 Å². The maximum Gasteiger partial charge on any atom is 0.302 e. The summed E-state index contributed by atoms with van der Waals surface area (Å²) in [4.78, 5) is 0. The third-order valence-electron chi connectivity index (χ3n) is 3.24. The van der Waals surface area contributed by atoms with Crippen LogP contribution in [0.25, 0.3) is 0 Å². The van der Waals surface area contributed by atoms with Crippen molar-refractivity contribution in [3.63, 3.8) is 0 Å². The number of halogens is 1. The molecule has 1 aromatic rings. The highest BCUT2D eigenvalue weighted by atomic mass is 32.2. The normalized spacial score (nSPS) is 31.1. The molecule has 1 aliphatic rings.